The fraction of sp³-hybridized carbons (Fsp3) is 0.179. The first-order valence-electron chi connectivity index (χ1n) is 11.7. The van der Waals surface area contributed by atoms with Crippen molar-refractivity contribution in [1.82, 2.24) is 9.55 Å². The number of esters is 1. The molecular weight excluding hydrogens is 456 g/mol. The number of aromatic nitrogens is 2. The molecule has 1 aliphatic heterocycles. The maximum Gasteiger partial charge on any atom is 0.340 e. The van der Waals surface area contributed by atoms with Crippen LogP contribution in [-0.2, 0) is 16.0 Å². The third-order valence-electron chi connectivity index (χ3n) is 6.00. The Bertz CT molecular complexity index is 1330. The molecule has 0 aliphatic carbocycles. The molecule has 1 N–H and O–H groups in total. The van der Waals surface area contributed by atoms with Crippen LogP contribution in [0.3, 0.4) is 0 Å². The lowest BCUT2D eigenvalue weighted by molar-refractivity contribution is -0.115. The molecule has 2 aromatic heterocycles. The molecule has 8 heteroatoms. The predicted molar refractivity (Wildman–Crippen MR) is 137 cm³/mol. The summed E-state index contributed by atoms with van der Waals surface area (Å²) in [5.41, 5.74) is 3.82. The third kappa shape index (κ3) is 5.07. The molecule has 1 fully saturated rings. The van der Waals surface area contributed by atoms with Crippen molar-refractivity contribution in [2.45, 2.75) is 12.5 Å². The van der Waals surface area contributed by atoms with Gasteiger partial charge in [0, 0.05) is 30.5 Å². The zero-order valence-electron chi connectivity index (χ0n) is 19.8. The molecule has 5 rings (SSSR count). The average Bonchev–Trinajstić information content (AvgIpc) is 3.41. The third-order valence-corrected chi connectivity index (χ3v) is 6.00. The van der Waals surface area contributed by atoms with Crippen LogP contribution in [-0.4, -0.2) is 47.7 Å². The van der Waals surface area contributed by atoms with E-state index < -0.39 is 0 Å². The minimum Gasteiger partial charge on any atom is -0.487 e. The monoisotopic (exact) mass is 482 g/mol. The van der Waals surface area contributed by atoms with E-state index in [9.17, 15) is 9.59 Å². The molecule has 1 aliphatic rings. The van der Waals surface area contributed by atoms with Gasteiger partial charge in [0.2, 0.25) is 5.91 Å². The fourth-order valence-corrected chi connectivity index (χ4v) is 4.23. The van der Waals surface area contributed by atoms with E-state index in [1.54, 1.807) is 18.5 Å². The summed E-state index contributed by atoms with van der Waals surface area (Å²) in [4.78, 5) is 30.9. The van der Waals surface area contributed by atoms with Crippen LogP contribution in [0.5, 0.6) is 5.75 Å². The number of methoxy groups -OCH3 is 1. The van der Waals surface area contributed by atoms with Crippen molar-refractivity contribution in [1.29, 1.82) is 0 Å². The highest BCUT2D eigenvalue weighted by Crippen LogP contribution is 2.33. The Balaban J connectivity index is 1.20. The number of nitrogens with one attached hydrogen (secondary N) is 1. The largest absolute Gasteiger partial charge is 0.487 e. The summed E-state index contributed by atoms with van der Waals surface area (Å²) in [5, 5.41) is 2.90. The molecule has 1 amide bonds. The number of anilines is 2. The van der Waals surface area contributed by atoms with E-state index in [1.807, 2.05) is 77.6 Å². The molecule has 2 aromatic carbocycles. The SMILES string of the molecule is COC(=O)c1cccc(N2CC(Oc3ccc(NC(=O)Cc4cccnc4)cc3)C2)c1-n1cccc1. The molecule has 0 bridgehead atoms. The Hall–Kier alpha value is -4.59. The summed E-state index contributed by atoms with van der Waals surface area (Å²) in [6, 6.07) is 20.5. The van der Waals surface area contributed by atoms with E-state index >= 15 is 0 Å². The minimum absolute atomic E-state index is 0.00955. The smallest absolute Gasteiger partial charge is 0.340 e. The first-order chi connectivity index (χ1) is 17.6. The number of para-hydroxylation sites is 1. The van der Waals surface area contributed by atoms with Gasteiger partial charge in [0.25, 0.3) is 0 Å². The van der Waals surface area contributed by atoms with E-state index in [0.717, 1.165) is 22.7 Å². The van der Waals surface area contributed by atoms with Crippen LogP contribution in [0.2, 0.25) is 0 Å². The van der Waals surface area contributed by atoms with Crippen molar-refractivity contribution < 1.29 is 19.1 Å². The molecule has 0 radical (unpaired) electrons. The van der Waals surface area contributed by atoms with E-state index in [2.05, 4.69) is 15.2 Å². The topological polar surface area (TPSA) is 85.7 Å². The van der Waals surface area contributed by atoms with Crippen LogP contribution in [0.1, 0.15) is 15.9 Å². The number of ether oxygens (including phenoxy) is 2. The van der Waals surface area contributed by atoms with Gasteiger partial charge in [-0.05, 0) is 60.2 Å². The van der Waals surface area contributed by atoms with Crippen LogP contribution in [0.4, 0.5) is 11.4 Å². The van der Waals surface area contributed by atoms with Crippen molar-refractivity contribution in [3.05, 3.63) is 103 Å². The summed E-state index contributed by atoms with van der Waals surface area (Å²) in [5.74, 6) is 0.263. The standard InChI is InChI=1S/C28H26N4O4/c1-35-28(34)24-7-4-8-25(27(24)31-14-2-3-15-31)32-18-23(19-32)36-22-11-9-21(10-12-22)30-26(33)16-20-6-5-13-29-17-20/h2-15,17,23H,16,18-19H2,1H3,(H,30,33). The highest BCUT2D eigenvalue weighted by atomic mass is 16.5. The maximum absolute atomic E-state index is 12.4. The second kappa shape index (κ2) is 10.4. The fourth-order valence-electron chi connectivity index (χ4n) is 4.23. The molecule has 0 spiro atoms. The molecule has 0 saturated carbocycles. The van der Waals surface area contributed by atoms with Gasteiger partial charge in [-0.25, -0.2) is 4.79 Å². The van der Waals surface area contributed by atoms with Gasteiger partial charge in [0.1, 0.15) is 11.9 Å². The average molecular weight is 483 g/mol. The summed E-state index contributed by atoms with van der Waals surface area (Å²) < 4.78 is 13.1. The number of nitrogens with zero attached hydrogens (tertiary/aromatic N) is 3. The second-order valence-electron chi connectivity index (χ2n) is 8.51. The van der Waals surface area contributed by atoms with Crippen molar-refractivity contribution >= 4 is 23.3 Å². The highest BCUT2D eigenvalue weighted by Gasteiger charge is 2.32. The van der Waals surface area contributed by atoms with Gasteiger partial charge in [0.05, 0.1) is 43.6 Å². The Morgan fingerprint density at radius 1 is 1.00 bits per heavy atom. The van der Waals surface area contributed by atoms with Gasteiger partial charge >= 0.3 is 5.97 Å². The van der Waals surface area contributed by atoms with Crippen molar-refractivity contribution in [2.24, 2.45) is 0 Å². The van der Waals surface area contributed by atoms with Crippen molar-refractivity contribution in [3.63, 3.8) is 0 Å². The van der Waals surface area contributed by atoms with E-state index in [4.69, 9.17) is 9.47 Å². The first-order valence-corrected chi connectivity index (χ1v) is 11.7. The summed E-state index contributed by atoms with van der Waals surface area (Å²) in [7, 11) is 1.39. The zero-order valence-corrected chi connectivity index (χ0v) is 19.8. The second-order valence-corrected chi connectivity index (χ2v) is 8.51. The number of pyridine rings is 1. The zero-order chi connectivity index (χ0) is 24.9. The van der Waals surface area contributed by atoms with E-state index in [-0.39, 0.29) is 24.4 Å². The molecular formula is C28H26N4O4. The number of hydrogen-bond acceptors (Lipinski definition) is 6. The lowest BCUT2D eigenvalue weighted by Gasteiger charge is -2.41. The minimum atomic E-state index is -0.374. The molecule has 0 unspecified atom stereocenters. The number of benzene rings is 2. The Labute approximate surface area is 209 Å². The number of carbonyl (C=O) groups excluding carboxylic acids is 2. The van der Waals surface area contributed by atoms with Gasteiger partial charge in [-0.15, -0.1) is 0 Å². The van der Waals surface area contributed by atoms with Gasteiger partial charge < -0.3 is 24.3 Å². The number of rotatable bonds is 8. The van der Waals surface area contributed by atoms with Crippen molar-refractivity contribution in [2.75, 3.05) is 30.4 Å². The van der Waals surface area contributed by atoms with Crippen LogP contribution < -0.4 is 15.0 Å². The number of carbonyl (C=O) groups is 2. The van der Waals surface area contributed by atoms with Crippen molar-refractivity contribution in [3.8, 4) is 11.4 Å². The lowest BCUT2D eigenvalue weighted by Crippen LogP contribution is -2.54. The molecule has 0 atom stereocenters. The lowest BCUT2D eigenvalue weighted by atomic mass is 10.1. The maximum atomic E-state index is 12.4. The van der Waals surface area contributed by atoms with E-state index in [0.29, 0.717) is 24.3 Å². The first kappa shape index (κ1) is 23.2. The number of amides is 1. The molecule has 182 valence electrons. The number of hydrogen-bond donors (Lipinski definition) is 1. The summed E-state index contributed by atoms with van der Waals surface area (Å²) >= 11 is 0. The van der Waals surface area contributed by atoms with Gasteiger partial charge in [-0.2, -0.15) is 0 Å². The van der Waals surface area contributed by atoms with Gasteiger partial charge in [-0.3, -0.25) is 9.78 Å². The van der Waals surface area contributed by atoms with Crippen LogP contribution in [0, 0.1) is 0 Å². The van der Waals surface area contributed by atoms with Gasteiger partial charge in [0.15, 0.2) is 0 Å². The van der Waals surface area contributed by atoms with E-state index in [1.165, 1.54) is 7.11 Å². The molecule has 8 nitrogen and oxygen atoms in total. The Kier molecular flexibility index (Phi) is 6.66. The van der Waals surface area contributed by atoms with Crippen LogP contribution >= 0.6 is 0 Å². The van der Waals surface area contributed by atoms with Gasteiger partial charge in [-0.1, -0.05) is 12.1 Å². The molecule has 4 aromatic rings. The quantitative estimate of drug-likeness (QED) is 0.381. The Morgan fingerprint density at radius 3 is 2.47 bits per heavy atom. The summed E-state index contributed by atoms with van der Waals surface area (Å²) in [6.45, 7) is 1.37. The Morgan fingerprint density at radius 2 is 1.78 bits per heavy atom. The normalized spacial score (nSPS) is 13.1. The van der Waals surface area contributed by atoms with Crippen LogP contribution in [0.15, 0.2) is 91.5 Å². The molecule has 36 heavy (non-hydrogen) atoms. The predicted octanol–water partition coefficient (Wildman–Crippen LogP) is 4.11. The summed E-state index contributed by atoms with van der Waals surface area (Å²) in [6.07, 6.45) is 7.47. The van der Waals surface area contributed by atoms with Crippen LogP contribution in [0.25, 0.3) is 5.69 Å². The molecule has 1 saturated heterocycles. The molecule has 3 heterocycles. The highest BCUT2D eigenvalue weighted by molar-refractivity contribution is 5.96.